The van der Waals surface area contributed by atoms with Crippen LogP contribution < -0.4 is 31.9 Å². The number of fused-ring (bicyclic) bond motifs is 2. The van der Waals surface area contributed by atoms with Crippen LogP contribution in [0, 0.1) is 28.9 Å². The summed E-state index contributed by atoms with van der Waals surface area (Å²) in [5.41, 5.74) is 3.87. The zero-order chi connectivity index (χ0) is 44.5. The van der Waals surface area contributed by atoms with Crippen molar-refractivity contribution >= 4 is 29.7 Å². The maximum Gasteiger partial charge on any atom is 0.407 e. The van der Waals surface area contributed by atoms with E-state index in [2.05, 4.69) is 47.4 Å². The number of piperazine rings is 1. The number of aliphatic imine (C=N–C) groups is 1. The van der Waals surface area contributed by atoms with E-state index in [4.69, 9.17) is 5.73 Å². The number of hydrogen-bond donors (Lipinski definition) is 6. The number of carbonyl (C=O) groups excluding carboxylic acids is 2. The molecule has 0 aliphatic carbocycles. The van der Waals surface area contributed by atoms with Gasteiger partial charge in [-0.05, 0) is 81.1 Å². The van der Waals surface area contributed by atoms with Gasteiger partial charge >= 0.3 is 18.8 Å². The highest BCUT2D eigenvalue weighted by Gasteiger charge is 2.56. The number of nitrogens with one attached hydrogen (secondary N) is 4. The summed E-state index contributed by atoms with van der Waals surface area (Å²) in [5.74, 6) is 3.60. The predicted octanol–water partition coefficient (Wildman–Crippen LogP) is 4.78. The van der Waals surface area contributed by atoms with Crippen molar-refractivity contribution < 1.29 is 50.2 Å². The monoisotopic (exact) mass is 860 g/mol. The Hall–Kier alpha value is -5.71. The number of allylic oxidation sites excluding steroid dienone is 1. The van der Waals surface area contributed by atoms with Crippen molar-refractivity contribution in [2.75, 3.05) is 31.6 Å². The fourth-order valence-electron chi connectivity index (χ4n) is 6.93. The van der Waals surface area contributed by atoms with Gasteiger partial charge in [0.2, 0.25) is 5.91 Å². The van der Waals surface area contributed by atoms with E-state index < -0.39 is 78.6 Å². The van der Waals surface area contributed by atoms with Gasteiger partial charge in [-0.25, -0.2) is 23.6 Å². The number of halogens is 7. The third-order valence-electron chi connectivity index (χ3n) is 10.6. The number of ether oxygens (including phenoxy) is 1. The normalized spacial score (nSPS) is 18.4. The maximum atomic E-state index is 15.0. The highest BCUT2D eigenvalue weighted by atomic mass is 19.4. The Morgan fingerprint density at radius 3 is 2.23 bits per heavy atom. The summed E-state index contributed by atoms with van der Waals surface area (Å²) < 4.78 is 102. The molecule has 3 aromatic rings. The zero-order valence-electron chi connectivity index (χ0n) is 33.5. The fourth-order valence-corrected chi connectivity index (χ4v) is 6.93. The summed E-state index contributed by atoms with van der Waals surface area (Å²) in [6, 6.07) is 9.65. The molecule has 2 amide bonds. The van der Waals surface area contributed by atoms with Crippen molar-refractivity contribution in [3.8, 4) is 11.8 Å². The molecule has 2 bridgehead atoms. The highest BCUT2D eigenvalue weighted by molar-refractivity contribution is 5.87. The van der Waals surface area contributed by atoms with Gasteiger partial charge in [-0.2, -0.15) is 22.0 Å². The summed E-state index contributed by atoms with van der Waals surface area (Å²) in [5, 5.41) is 22.0. The molecule has 5 rings (SSSR count). The summed E-state index contributed by atoms with van der Waals surface area (Å²) in [7, 11) is 0.914. The molecule has 2 fully saturated rings. The summed E-state index contributed by atoms with van der Waals surface area (Å²) in [6.07, 6.45) is -2.35. The summed E-state index contributed by atoms with van der Waals surface area (Å²) in [6.45, 7) is -0.707. The topological polar surface area (TPSA) is 166 Å². The van der Waals surface area contributed by atoms with Gasteiger partial charge in [-0.3, -0.25) is 4.79 Å². The minimum absolute atomic E-state index is 0.142. The number of alkyl halides is 5. The molecule has 2 saturated heterocycles. The molecular formula is C42H47F7N8O4. The second-order valence-electron chi connectivity index (χ2n) is 15.3. The number of anilines is 1. The van der Waals surface area contributed by atoms with Gasteiger partial charge in [0.25, 0.3) is 0 Å². The quantitative estimate of drug-likeness (QED) is 0.0546. The Kier molecular flexibility index (Phi) is 15.4. The van der Waals surface area contributed by atoms with Crippen molar-refractivity contribution in [2.45, 2.75) is 82.7 Å². The van der Waals surface area contributed by atoms with Crippen LogP contribution >= 0.6 is 0 Å². The van der Waals surface area contributed by atoms with Crippen molar-refractivity contribution in [1.82, 2.24) is 26.3 Å². The Balaban J connectivity index is 1.30. The Labute approximate surface area is 348 Å². The van der Waals surface area contributed by atoms with Gasteiger partial charge in [0.15, 0.2) is 0 Å². The van der Waals surface area contributed by atoms with E-state index in [0.29, 0.717) is 48.8 Å². The van der Waals surface area contributed by atoms with E-state index in [9.17, 15) is 36.6 Å². The molecule has 0 radical (unpaired) electrons. The molecule has 3 heterocycles. The summed E-state index contributed by atoms with van der Waals surface area (Å²) >= 11 is 0. The van der Waals surface area contributed by atoms with Gasteiger partial charge in [0.1, 0.15) is 23.5 Å². The first kappa shape index (κ1) is 46.4. The fraction of sp³-hybridized carbons (Fsp3) is 0.429. The molecule has 0 spiro atoms. The van der Waals surface area contributed by atoms with Gasteiger partial charge in [-0.15, -0.1) is 0 Å². The number of carbonyl (C=O) groups is 2. The van der Waals surface area contributed by atoms with Crippen LogP contribution in [-0.2, 0) is 22.5 Å². The number of amides is 2. The van der Waals surface area contributed by atoms with E-state index in [1.54, 1.807) is 30.5 Å². The van der Waals surface area contributed by atoms with Crippen LogP contribution in [0.1, 0.15) is 54.5 Å². The Morgan fingerprint density at radius 2 is 1.66 bits per heavy atom. The van der Waals surface area contributed by atoms with E-state index in [1.165, 1.54) is 0 Å². The maximum absolute atomic E-state index is 15.0. The number of methoxy groups -OCH3 is 1. The smallest absolute Gasteiger partial charge is 0.407 e. The lowest BCUT2D eigenvalue weighted by atomic mass is 9.82. The Bertz CT molecular complexity index is 2090. The third-order valence-corrected chi connectivity index (χ3v) is 10.6. The number of pyridine rings is 1. The van der Waals surface area contributed by atoms with Crippen LogP contribution in [0.25, 0.3) is 5.70 Å². The first-order chi connectivity index (χ1) is 28.8. The lowest BCUT2D eigenvalue weighted by molar-refractivity contribution is -0.220. The number of nitrogens with zero attached hydrogens (tertiary/aromatic N) is 3. The van der Waals surface area contributed by atoms with Gasteiger partial charge in [0.05, 0.1) is 24.7 Å². The molecule has 7 N–H and O–H groups in total. The van der Waals surface area contributed by atoms with Gasteiger partial charge in [0, 0.05) is 78.6 Å². The van der Waals surface area contributed by atoms with Crippen molar-refractivity contribution in [1.29, 1.82) is 0 Å². The molecule has 2 aliphatic heterocycles. The number of aromatic nitrogens is 1. The van der Waals surface area contributed by atoms with Crippen LogP contribution in [0.3, 0.4) is 0 Å². The van der Waals surface area contributed by atoms with E-state index in [0.717, 1.165) is 57.1 Å². The molecule has 1 aromatic heterocycles. The highest BCUT2D eigenvalue weighted by Crippen LogP contribution is 2.40. The minimum Gasteiger partial charge on any atom is -0.453 e. The standard InChI is InChI=1S/C42H47F7N8O4/c1-41(2,42(47,48)49)37(56-40(60)61-3)38(59)55-34(35(58)21-51-20-30-31(43)17-27(18-32(30)44)33(50)14-15-52-39(45)46)16-25-7-4-24(5-8-25)6-9-26-10-13-36(53-19-26)57-22-28-11-12-29(23-57)54-28/h4-5,7-8,10,13-15,17-19,28-29,34-35,37,39,51,54,58H,11-12,16,20-23,50H2,1-3H3,(H,55,59)(H,56,60)/t28?,29?,34-,35-,37+/m0/s1. The molecule has 61 heavy (non-hydrogen) atoms. The van der Waals surface area contributed by atoms with Gasteiger partial charge < -0.3 is 41.7 Å². The third kappa shape index (κ3) is 12.4. The van der Waals surface area contributed by atoms with Crippen LogP contribution in [0.15, 0.2) is 65.8 Å². The second kappa shape index (κ2) is 20.2. The lowest BCUT2D eigenvalue weighted by Gasteiger charge is -2.36. The zero-order valence-corrected chi connectivity index (χ0v) is 33.5. The number of aliphatic hydroxyl groups excluding tert-OH is 1. The SMILES string of the molecule is COC(=O)N[C@H](C(=O)N[C@@H](Cc1ccc(C#Cc2ccc(N3CC4CCC(C3)N4)nc2)cc1)[C@@H](O)CNCc1c(F)cc(C(N)=CC=NC(F)F)cc1F)C(C)(C)C(F)(F)F. The average molecular weight is 861 g/mol. The van der Waals surface area contributed by atoms with Crippen LogP contribution in [0.2, 0.25) is 0 Å². The number of alkyl carbamates (subject to hydrolysis) is 1. The largest absolute Gasteiger partial charge is 0.453 e. The van der Waals surface area contributed by atoms with Crippen LogP contribution in [0.5, 0.6) is 0 Å². The van der Waals surface area contributed by atoms with Crippen molar-refractivity contribution in [3.63, 3.8) is 0 Å². The number of benzene rings is 2. The first-order valence-electron chi connectivity index (χ1n) is 19.3. The lowest BCUT2D eigenvalue weighted by Crippen LogP contribution is -2.62. The van der Waals surface area contributed by atoms with E-state index in [1.807, 2.05) is 17.4 Å². The van der Waals surface area contributed by atoms with Crippen molar-refractivity contribution in [2.24, 2.45) is 16.1 Å². The first-order valence-corrected chi connectivity index (χ1v) is 19.3. The number of aliphatic hydroxyl groups is 1. The number of rotatable bonds is 15. The van der Waals surface area contributed by atoms with E-state index >= 15 is 8.78 Å². The molecule has 5 atom stereocenters. The predicted molar refractivity (Wildman–Crippen MR) is 214 cm³/mol. The van der Waals surface area contributed by atoms with Crippen LogP contribution in [-0.4, -0.2) is 98.0 Å². The Morgan fingerprint density at radius 1 is 1.03 bits per heavy atom. The van der Waals surface area contributed by atoms with Crippen LogP contribution in [0.4, 0.5) is 41.3 Å². The number of hydrogen-bond acceptors (Lipinski definition) is 10. The molecule has 328 valence electrons. The minimum atomic E-state index is -4.98. The molecule has 2 aliphatic rings. The molecule has 2 aromatic carbocycles. The van der Waals surface area contributed by atoms with Gasteiger partial charge in [-0.1, -0.05) is 24.0 Å². The molecule has 12 nitrogen and oxygen atoms in total. The average Bonchev–Trinajstić information content (AvgIpc) is 3.55. The molecule has 19 heteroatoms. The molecule has 2 unspecified atom stereocenters. The van der Waals surface area contributed by atoms with Crippen molar-refractivity contribution in [3.05, 3.63) is 100 Å². The van der Waals surface area contributed by atoms with E-state index in [-0.39, 0.29) is 17.7 Å². The second-order valence-corrected chi connectivity index (χ2v) is 15.3. The number of nitrogens with two attached hydrogens (primary N) is 1. The molecule has 0 saturated carbocycles. The summed E-state index contributed by atoms with van der Waals surface area (Å²) in [4.78, 5) is 35.3. The molecular weight excluding hydrogens is 814 g/mol.